The van der Waals surface area contributed by atoms with Crippen LogP contribution >= 0.6 is 23.4 Å². The topological polar surface area (TPSA) is 133 Å². The van der Waals surface area contributed by atoms with E-state index in [0.29, 0.717) is 24.9 Å². The molecule has 3 unspecified atom stereocenters. The number of carbonyl (C=O) groups is 4. The maximum absolute atomic E-state index is 12.9. The molecule has 35 heavy (non-hydrogen) atoms. The second-order valence-electron chi connectivity index (χ2n) is 8.01. The third-order valence-electron chi connectivity index (χ3n) is 5.60. The quantitative estimate of drug-likeness (QED) is 0.267. The van der Waals surface area contributed by atoms with Crippen LogP contribution in [0.15, 0.2) is 59.5 Å². The molecule has 1 aliphatic carbocycles. The van der Waals surface area contributed by atoms with E-state index in [1.54, 1.807) is 30.3 Å². The average Bonchev–Trinajstić information content (AvgIpc) is 2.83. The summed E-state index contributed by atoms with van der Waals surface area (Å²) in [5.41, 5.74) is 0.727. The number of anilines is 2. The Balaban J connectivity index is 1.68. The Morgan fingerprint density at radius 3 is 2.40 bits per heavy atom. The lowest BCUT2D eigenvalue weighted by atomic mass is 9.82. The third kappa shape index (κ3) is 6.86. The first-order chi connectivity index (χ1) is 16.7. The molecule has 0 fully saturated rings. The molecule has 0 spiro atoms. The maximum atomic E-state index is 12.9. The van der Waals surface area contributed by atoms with Crippen LogP contribution in [0.1, 0.15) is 36.5 Å². The summed E-state index contributed by atoms with van der Waals surface area (Å²) in [4.78, 5) is 49.1. The van der Waals surface area contributed by atoms with Gasteiger partial charge in [-0.15, -0.1) is 11.8 Å². The van der Waals surface area contributed by atoms with E-state index in [1.165, 1.54) is 30.0 Å². The van der Waals surface area contributed by atoms with Gasteiger partial charge in [0, 0.05) is 10.6 Å². The van der Waals surface area contributed by atoms with Crippen LogP contribution in [0, 0.1) is 11.8 Å². The van der Waals surface area contributed by atoms with Gasteiger partial charge in [0.2, 0.25) is 11.8 Å². The molecular weight excluding hydrogens is 492 g/mol. The zero-order chi connectivity index (χ0) is 25.5. The minimum atomic E-state index is -1.13. The zero-order valence-electron chi connectivity index (χ0n) is 18.9. The van der Waals surface area contributed by atoms with Crippen LogP contribution < -0.4 is 10.6 Å². The highest BCUT2D eigenvalue weighted by atomic mass is 35.5. The average molecular weight is 517 g/mol. The number of carboxylic acid groups (broad SMARTS) is 2. The van der Waals surface area contributed by atoms with E-state index in [9.17, 15) is 29.4 Å². The zero-order valence-corrected chi connectivity index (χ0v) is 20.4. The first-order valence-electron chi connectivity index (χ1n) is 11.0. The standard InChI is InChI=1S/C25H25ClN2O6S/c1-2-21(23(30)28-20-12-14(24(31)32)10-11-19(20)26)35-16-7-5-6-15(13-16)27-22(29)17-8-3-4-9-18(17)25(33)34/h3-7,10-13,17-18,21H,2,8-9H2,1H3,(H,27,29)(H,28,30)(H,31,32)(H,33,34). The molecule has 0 bridgehead atoms. The molecule has 2 amide bonds. The highest BCUT2D eigenvalue weighted by Crippen LogP contribution is 2.31. The lowest BCUT2D eigenvalue weighted by molar-refractivity contribution is -0.146. The van der Waals surface area contributed by atoms with Crippen LogP contribution in [0.25, 0.3) is 0 Å². The van der Waals surface area contributed by atoms with E-state index in [0.717, 1.165) is 4.90 Å². The van der Waals surface area contributed by atoms with Gasteiger partial charge in [0.25, 0.3) is 0 Å². The van der Waals surface area contributed by atoms with E-state index >= 15 is 0 Å². The normalized spacial score (nSPS) is 17.9. The third-order valence-corrected chi connectivity index (χ3v) is 7.29. The molecule has 0 saturated heterocycles. The molecule has 4 N–H and O–H groups in total. The van der Waals surface area contributed by atoms with Crippen molar-refractivity contribution in [2.45, 2.75) is 36.3 Å². The molecule has 1 aliphatic rings. The summed E-state index contributed by atoms with van der Waals surface area (Å²) in [5, 5.41) is 23.8. The van der Waals surface area contributed by atoms with Gasteiger partial charge >= 0.3 is 11.9 Å². The first kappa shape index (κ1) is 26.3. The number of halogens is 1. The van der Waals surface area contributed by atoms with E-state index in [2.05, 4.69) is 10.6 Å². The van der Waals surface area contributed by atoms with E-state index < -0.39 is 29.0 Å². The van der Waals surface area contributed by atoms with Crippen molar-refractivity contribution in [1.29, 1.82) is 0 Å². The smallest absolute Gasteiger partial charge is 0.335 e. The maximum Gasteiger partial charge on any atom is 0.335 e. The second kappa shape index (κ2) is 11.9. The number of aromatic carboxylic acids is 1. The summed E-state index contributed by atoms with van der Waals surface area (Å²) in [6, 6.07) is 11.1. The van der Waals surface area contributed by atoms with Crippen molar-refractivity contribution in [3.05, 3.63) is 65.2 Å². The number of aliphatic carboxylic acids is 1. The van der Waals surface area contributed by atoms with Crippen LogP contribution in [0.3, 0.4) is 0 Å². The number of rotatable bonds is 9. The summed E-state index contributed by atoms with van der Waals surface area (Å²) < 4.78 is 0. The monoisotopic (exact) mass is 516 g/mol. The number of carbonyl (C=O) groups excluding carboxylic acids is 2. The van der Waals surface area contributed by atoms with Gasteiger partial charge in [-0.1, -0.05) is 36.7 Å². The fourth-order valence-corrected chi connectivity index (χ4v) is 4.89. The molecule has 0 heterocycles. The predicted octanol–water partition coefficient (Wildman–Crippen LogP) is 5.15. The number of benzene rings is 2. The van der Waals surface area contributed by atoms with Crippen molar-refractivity contribution >= 4 is 58.5 Å². The number of carboxylic acids is 2. The molecule has 0 aromatic heterocycles. The summed E-state index contributed by atoms with van der Waals surface area (Å²) in [6.45, 7) is 1.85. The highest BCUT2D eigenvalue weighted by molar-refractivity contribution is 8.00. The fourth-order valence-electron chi connectivity index (χ4n) is 3.71. The van der Waals surface area contributed by atoms with Gasteiger partial charge in [-0.3, -0.25) is 14.4 Å². The number of allylic oxidation sites excluding steroid dienone is 2. The largest absolute Gasteiger partial charge is 0.481 e. The van der Waals surface area contributed by atoms with Crippen LogP contribution in [-0.4, -0.2) is 39.2 Å². The van der Waals surface area contributed by atoms with Gasteiger partial charge in [-0.05, 0) is 55.7 Å². The molecule has 0 aliphatic heterocycles. The Bertz CT molecular complexity index is 1170. The van der Waals surface area contributed by atoms with Crippen molar-refractivity contribution in [1.82, 2.24) is 0 Å². The SMILES string of the molecule is CCC(Sc1cccc(NC(=O)C2CC=CCC2C(=O)O)c1)C(=O)Nc1cc(C(=O)O)ccc1Cl. The second-order valence-corrected chi connectivity index (χ2v) is 9.70. The molecule has 2 aromatic carbocycles. The summed E-state index contributed by atoms with van der Waals surface area (Å²) in [7, 11) is 0. The molecule has 0 radical (unpaired) electrons. The van der Waals surface area contributed by atoms with Crippen LogP contribution in [0.5, 0.6) is 0 Å². The summed E-state index contributed by atoms with van der Waals surface area (Å²) in [5.74, 6) is -4.25. The Morgan fingerprint density at radius 2 is 1.74 bits per heavy atom. The van der Waals surface area contributed by atoms with Crippen LogP contribution in [-0.2, 0) is 14.4 Å². The van der Waals surface area contributed by atoms with Crippen molar-refractivity contribution in [2.75, 3.05) is 10.6 Å². The molecule has 3 atom stereocenters. The molecule has 184 valence electrons. The molecule has 3 rings (SSSR count). The molecule has 8 nitrogen and oxygen atoms in total. The van der Waals surface area contributed by atoms with Gasteiger partial charge in [-0.2, -0.15) is 0 Å². The lowest BCUT2D eigenvalue weighted by Crippen LogP contribution is -2.34. The Kier molecular flexibility index (Phi) is 8.95. The van der Waals surface area contributed by atoms with Gasteiger partial charge in [-0.25, -0.2) is 4.79 Å². The van der Waals surface area contributed by atoms with Crippen molar-refractivity contribution < 1.29 is 29.4 Å². The van der Waals surface area contributed by atoms with E-state index in [4.69, 9.17) is 11.6 Å². The minimum absolute atomic E-state index is 0.00689. The van der Waals surface area contributed by atoms with Crippen molar-refractivity contribution in [3.63, 3.8) is 0 Å². The van der Waals surface area contributed by atoms with Gasteiger partial charge in [0.1, 0.15) is 0 Å². The number of thioether (sulfide) groups is 1. The number of nitrogens with one attached hydrogen (secondary N) is 2. The first-order valence-corrected chi connectivity index (χ1v) is 12.2. The lowest BCUT2D eigenvalue weighted by Gasteiger charge is -2.24. The molecule has 10 heteroatoms. The Morgan fingerprint density at radius 1 is 1.03 bits per heavy atom. The van der Waals surface area contributed by atoms with Crippen molar-refractivity contribution in [3.8, 4) is 0 Å². The predicted molar refractivity (Wildman–Crippen MR) is 135 cm³/mol. The Labute approximate surface area is 211 Å². The number of hydrogen-bond donors (Lipinski definition) is 4. The number of amides is 2. The fraction of sp³-hybridized carbons (Fsp3) is 0.280. The molecule has 2 aromatic rings. The molecular formula is C25H25ClN2O6S. The van der Waals surface area contributed by atoms with Gasteiger partial charge < -0.3 is 20.8 Å². The van der Waals surface area contributed by atoms with E-state index in [-0.39, 0.29) is 28.1 Å². The highest BCUT2D eigenvalue weighted by Gasteiger charge is 2.34. The van der Waals surface area contributed by atoms with Crippen LogP contribution in [0.4, 0.5) is 11.4 Å². The summed E-state index contributed by atoms with van der Waals surface area (Å²) >= 11 is 7.41. The van der Waals surface area contributed by atoms with Gasteiger partial charge in [0.15, 0.2) is 0 Å². The Hall–Kier alpha value is -3.30. The summed E-state index contributed by atoms with van der Waals surface area (Å²) in [6.07, 6.45) is 4.76. The molecule has 0 saturated carbocycles. The van der Waals surface area contributed by atoms with E-state index in [1.807, 2.05) is 13.0 Å². The number of hydrogen-bond acceptors (Lipinski definition) is 5. The van der Waals surface area contributed by atoms with Crippen molar-refractivity contribution in [2.24, 2.45) is 11.8 Å². The van der Waals surface area contributed by atoms with Gasteiger partial charge in [0.05, 0.1) is 33.4 Å². The minimum Gasteiger partial charge on any atom is -0.481 e. The van der Waals surface area contributed by atoms with Crippen LogP contribution in [0.2, 0.25) is 5.02 Å².